The molecule has 0 fully saturated rings. The summed E-state index contributed by atoms with van der Waals surface area (Å²) >= 11 is 0. The number of anilines is 1. The van der Waals surface area contributed by atoms with Crippen LogP contribution in [0.5, 0.6) is 0 Å². The number of carbonyl (C=O) groups is 1. The minimum atomic E-state index is -0.252. The van der Waals surface area contributed by atoms with Gasteiger partial charge in [-0.2, -0.15) is 0 Å². The van der Waals surface area contributed by atoms with Gasteiger partial charge in [0.25, 0.3) is 0 Å². The van der Waals surface area contributed by atoms with E-state index in [0.29, 0.717) is 12.4 Å². The van der Waals surface area contributed by atoms with Gasteiger partial charge < -0.3 is 11.1 Å². The van der Waals surface area contributed by atoms with E-state index in [1.807, 2.05) is 19.9 Å². The van der Waals surface area contributed by atoms with Crippen LogP contribution in [0.3, 0.4) is 0 Å². The van der Waals surface area contributed by atoms with Gasteiger partial charge in [-0.1, -0.05) is 6.07 Å². The molecular weight excluding hydrogens is 192 g/mol. The number of nitrogens with two attached hydrogens (primary N) is 1. The van der Waals surface area contributed by atoms with Crippen molar-refractivity contribution in [3.63, 3.8) is 0 Å². The standard InChI is InChI=1S/C10H16N4O/c1-7(2)13-10(15)14-9-4-3-8(5-11)6-12-9/h3-4,6-7H,5,11H2,1-2H3,(H2,12,13,14,15). The molecule has 0 spiro atoms. The largest absolute Gasteiger partial charge is 0.336 e. The van der Waals surface area contributed by atoms with E-state index in [1.165, 1.54) is 0 Å². The first-order valence-electron chi connectivity index (χ1n) is 4.84. The van der Waals surface area contributed by atoms with E-state index in [9.17, 15) is 4.79 Å². The third-order valence-electron chi connectivity index (χ3n) is 1.72. The smallest absolute Gasteiger partial charge is 0.320 e. The van der Waals surface area contributed by atoms with Gasteiger partial charge >= 0.3 is 6.03 Å². The number of nitrogens with zero attached hydrogens (tertiary/aromatic N) is 1. The van der Waals surface area contributed by atoms with Crippen molar-refractivity contribution in [3.8, 4) is 0 Å². The molecule has 0 aliphatic carbocycles. The molecule has 5 heteroatoms. The highest BCUT2D eigenvalue weighted by Gasteiger charge is 2.03. The molecule has 1 aromatic rings. The molecule has 0 radical (unpaired) electrons. The SMILES string of the molecule is CC(C)NC(=O)Nc1ccc(CN)cn1. The third kappa shape index (κ3) is 3.95. The lowest BCUT2D eigenvalue weighted by Gasteiger charge is -2.09. The lowest BCUT2D eigenvalue weighted by molar-refractivity contribution is 0.250. The number of nitrogens with one attached hydrogen (secondary N) is 2. The number of amides is 2. The van der Waals surface area contributed by atoms with Crippen LogP contribution in [-0.4, -0.2) is 17.1 Å². The molecule has 0 unspecified atom stereocenters. The van der Waals surface area contributed by atoms with E-state index in [-0.39, 0.29) is 12.1 Å². The number of urea groups is 1. The fourth-order valence-electron chi connectivity index (χ4n) is 1.03. The first-order chi connectivity index (χ1) is 7.11. The first-order valence-corrected chi connectivity index (χ1v) is 4.84. The van der Waals surface area contributed by atoms with Crippen LogP contribution in [0.1, 0.15) is 19.4 Å². The average molecular weight is 208 g/mol. The van der Waals surface area contributed by atoms with Gasteiger partial charge in [-0.15, -0.1) is 0 Å². The molecule has 0 atom stereocenters. The number of carbonyl (C=O) groups excluding carboxylic acids is 1. The van der Waals surface area contributed by atoms with Crippen LogP contribution < -0.4 is 16.4 Å². The van der Waals surface area contributed by atoms with Crippen molar-refractivity contribution in [2.75, 3.05) is 5.32 Å². The lowest BCUT2D eigenvalue weighted by Crippen LogP contribution is -2.34. The third-order valence-corrected chi connectivity index (χ3v) is 1.72. The van der Waals surface area contributed by atoms with E-state index in [1.54, 1.807) is 12.3 Å². The van der Waals surface area contributed by atoms with E-state index < -0.39 is 0 Å². The fourth-order valence-corrected chi connectivity index (χ4v) is 1.03. The molecule has 1 rings (SSSR count). The molecule has 0 aliphatic heterocycles. The van der Waals surface area contributed by atoms with Gasteiger partial charge in [0.05, 0.1) is 0 Å². The molecule has 0 aromatic carbocycles. The van der Waals surface area contributed by atoms with Gasteiger partial charge in [-0.05, 0) is 25.5 Å². The Morgan fingerprint density at radius 3 is 2.73 bits per heavy atom. The summed E-state index contributed by atoms with van der Waals surface area (Å²) in [6.45, 7) is 4.24. The van der Waals surface area contributed by atoms with Crippen molar-refractivity contribution in [2.24, 2.45) is 5.73 Å². The van der Waals surface area contributed by atoms with Crippen LogP contribution >= 0.6 is 0 Å². The van der Waals surface area contributed by atoms with Gasteiger partial charge in [0.2, 0.25) is 0 Å². The predicted octanol–water partition coefficient (Wildman–Crippen LogP) is 1.07. The maximum atomic E-state index is 11.3. The normalized spacial score (nSPS) is 10.1. The first kappa shape index (κ1) is 11.5. The van der Waals surface area contributed by atoms with E-state index >= 15 is 0 Å². The Labute approximate surface area is 89.1 Å². The van der Waals surface area contributed by atoms with Crippen molar-refractivity contribution in [1.82, 2.24) is 10.3 Å². The highest BCUT2D eigenvalue weighted by Crippen LogP contribution is 2.03. The summed E-state index contributed by atoms with van der Waals surface area (Å²) in [4.78, 5) is 15.3. The van der Waals surface area contributed by atoms with Crippen LogP contribution in [0.4, 0.5) is 10.6 Å². The molecule has 0 saturated heterocycles. The van der Waals surface area contributed by atoms with Crippen LogP contribution in [0.25, 0.3) is 0 Å². The highest BCUT2D eigenvalue weighted by molar-refractivity contribution is 5.88. The Kier molecular flexibility index (Phi) is 4.05. The molecule has 15 heavy (non-hydrogen) atoms. The number of hydrogen-bond donors (Lipinski definition) is 3. The molecule has 1 aromatic heterocycles. The Morgan fingerprint density at radius 2 is 2.27 bits per heavy atom. The Hall–Kier alpha value is -1.62. The van der Waals surface area contributed by atoms with Crippen LogP contribution in [0.15, 0.2) is 18.3 Å². The molecule has 5 nitrogen and oxygen atoms in total. The summed E-state index contributed by atoms with van der Waals surface area (Å²) < 4.78 is 0. The summed E-state index contributed by atoms with van der Waals surface area (Å²) in [6, 6.07) is 3.41. The summed E-state index contributed by atoms with van der Waals surface area (Å²) in [5.41, 5.74) is 6.36. The quantitative estimate of drug-likeness (QED) is 0.695. The van der Waals surface area contributed by atoms with Crippen LogP contribution in [-0.2, 0) is 6.54 Å². The predicted molar refractivity (Wildman–Crippen MR) is 59.4 cm³/mol. The minimum absolute atomic E-state index is 0.105. The maximum Gasteiger partial charge on any atom is 0.320 e. The molecule has 0 bridgehead atoms. The van der Waals surface area contributed by atoms with E-state index in [4.69, 9.17) is 5.73 Å². The number of rotatable bonds is 3. The van der Waals surface area contributed by atoms with Gasteiger partial charge in [-0.25, -0.2) is 9.78 Å². The molecule has 82 valence electrons. The molecule has 0 aliphatic rings. The van der Waals surface area contributed by atoms with Gasteiger partial charge in [-0.3, -0.25) is 5.32 Å². The zero-order chi connectivity index (χ0) is 11.3. The zero-order valence-electron chi connectivity index (χ0n) is 8.95. The molecule has 0 saturated carbocycles. The lowest BCUT2D eigenvalue weighted by atomic mass is 10.3. The highest BCUT2D eigenvalue weighted by atomic mass is 16.2. The molecule has 1 heterocycles. The van der Waals surface area contributed by atoms with Crippen molar-refractivity contribution < 1.29 is 4.79 Å². The Balaban J connectivity index is 2.53. The summed E-state index contributed by atoms with van der Waals surface area (Å²) in [5.74, 6) is 0.519. The Bertz CT molecular complexity index is 321. The second kappa shape index (κ2) is 5.31. The summed E-state index contributed by atoms with van der Waals surface area (Å²) in [5, 5.41) is 5.33. The second-order valence-corrected chi connectivity index (χ2v) is 3.51. The van der Waals surface area contributed by atoms with E-state index in [0.717, 1.165) is 5.56 Å². The molecular formula is C10H16N4O. The fraction of sp³-hybridized carbons (Fsp3) is 0.400. The topological polar surface area (TPSA) is 80.0 Å². The summed E-state index contributed by atoms with van der Waals surface area (Å²) in [6.07, 6.45) is 1.64. The molecule has 4 N–H and O–H groups in total. The second-order valence-electron chi connectivity index (χ2n) is 3.51. The summed E-state index contributed by atoms with van der Waals surface area (Å²) in [7, 11) is 0. The average Bonchev–Trinajstić information content (AvgIpc) is 2.17. The number of hydrogen-bond acceptors (Lipinski definition) is 3. The van der Waals surface area contributed by atoms with Gasteiger partial charge in [0.15, 0.2) is 0 Å². The van der Waals surface area contributed by atoms with Crippen molar-refractivity contribution in [1.29, 1.82) is 0 Å². The maximum absolute atomic E-state index is 11.3. The number of pyridine rings is 1. The van der Waals surface area contributed by atoms with Crippen molar-refractivity contribution >= 4 is 11.8 Å². The minimum Gasteiger partial charge on any atom is -0.336 e. The van der Waals surface area contributed by atoms with Crippen molar-refractivity contribution in [2.45, 2.75) is 26.4 Å². The van der Waals surface area contributed by atoms with Gasteiger partial charge in [0.1, 0.15) is 5.82 Å². The zero-order valence-corrected chi connectivity index (χ0v) is 8.95. The van der Waals surface area contributed by atoms with Crippen molar-refractivity contribution in [3.05, 3.63) is 23.9 Å². The van der Waals surface area contributed by atoms with Crippen LogP contribution in [0, 0.1) is 0 Å². The van der Waals surface area contributed by atoms with Gasteiger partial charge in [0, 0.05) is 18.8 Å². The molecule has 2 amide bonds. The van der Waals surface area contributed by atoms with Crippen LogP contribution in [0.2, 0.25) is 0 Å². The van der Waals surface area contributed by atoms with E-state index in [2.05, 4.69) is 15.6 Å². The Morgan fingerprint density at radius 1 is 1.53 bits per heavy atom. The monoisotopic (exact) mass is 208 g/mol. The number of aromatic nitrogens is 1.